The number of ether oxygens (including phenoxy) is 1. The minimum Gasteiger partial charge on any atom is -0.394 e. The largest absolute Gasteiger partial charge is 0.394 e. The topological polar surface area (TPSA) is 69.9 Å². The molecular weight excluding hydrogens is 135 g/mol. The predicted molar refractivity (Wildman–Crippen MR) is 36.1 cm³/mol. The Kier molecular flexibility index (Phi) is 2.01. The van der Waals surface area contributed by atoms with E-state index in [1.54, 1.807) is 7.85 Å². The van der Waals surface area contributed by atoms with Crippen molar-refractivity contribution in [1.82, 2.24) is 0 Å². The highest BCUT2D eigenvalue weighted by Crippen LogP contribution is 2.25. The molecular formula is C5H11BO4. The monoisotopic (exact) mass is 146 g/mol. The third-order valence-corrected chi connectivity index (χ3v) is 1.85. The molecule has 1 fully saturated rings. The van der Waals surface area contributed by atoms with Crippen molar-refractivity contribution in [2.45, 2.75) is 24.3 Å². The van der Waals surface area contributed by atoms with Gasteiger partial charge in [-0.3, -0.25) is 0 Å². The van der Waals surface area contributed by atoms with Crippen molar-refractivity contribution in [3.8, 4) is 0 Å². The van der Waals surface area contributed by atoms with Crippen molar-refractivity contribution in [3.63, 3.8) is 0 Å². The average Bonchev–Trinajstić information content (AvgIpc) is 2.09. The van der Waals surface area contributed by atoms with Crippen LogP contribution in [0.2, 0.25) is 0 Å². The summed E-state index contributed by atoms with van der Waals surface area (Å²) in [6.45, 7) is -0.273. The lowest BCUT2D eigenvalue weighted by atomic mass is 9.78. The molecule has 1 unspecified atom stereocenters. The molecule has 10 heavy (non-hydrogen) atoms. The van der Waals surface area contributed by atoms with Crippen LogP contribution in [0, 0.1) is 0 Å². The number of aliphatic hydroxyl groups excluding tert-OH is 3. The fourth-order valence-corrected chi connectivity index (χ4v) is 1.02. The molecule has 0 saturated carbocycles. The lowest BCUT2D eigenvalue weighted by Crippen LogP contribution is -2.43. The van der Waals surface area contributed by atoms with Crippen LogP contribution in [0.15, 0.2) is 0 Å². The molecule has 1 rings (SSSR count). The molecule has 0 radical (unpaired) electrons. The van der Waals surface area contributed by atoms with Gasteiger partial charge in [-0.25, -0.2) is 0 Å². The zero-order valence-electron chi connectivity index (χ0n) is 5.82. The van der Waals surface area contributed by atoms with Crippen LogP contribution in [0.1, 0.15) is 6.42 Å². The van der Waals surface area contributed by atoms with E-state index in [1.165, 1.54) is 0 Å². The van der Waals surface area contributed by atoms with Crippen LogP contribution in [0.25, 0.3) is 0 Å². The Labute approximate surface area is 59.8 Å². The fourth-order valence-electron chi connectivity index (χ4n) is 1.02. The molecule has 1 heterocycles. The van der Waals surface area contributed by atoms with E-state index in [0.29, 0.717) is 0 Å². The van der Waals surface area contributed by atoms with Gasteiger partial charge in [0.05, 0.1) is 18.2 Å². The number of aliphatic hydroxyl groups is 3. The first-order chi connectivity index (χ1) is 4.58. The minimum absolute atomic E-state index is 0.178. The second-order valence-electron chi connectivity index (χ2n) is 2.79. The molecule has 3 atom stereocenters. The Balaban J connectivity index is 2.61. The first-order valence-corrected chi connectivity index (χ1v) is 3.23. The minimum atomic E-state index is -0.973. The van der Waals surface area contributed by atoms with Crippen LogP contribution in [0.4, 0.5) is 0 Å². The van der Waals surface area contributed by atoms with Crippen molar-refractivity contribution < 1.29 is 20.1 Å². The van der Waals surface area contributed by atoms with Gasteiger partial charge in [0.2, 0.25) is 0 Å². The lowest BCUT2D eigenvalue weighted by Gasteiger charge is -2.23. The van der Waals surface area contributed by atoms with Gasteiger partial charge in [0.15, 0.2) is 6.29 Å². The summed E-state index contributed by atoms with van der Waals surface area (Å²) in [7, 11) is 1.56. The summed E-state index contributed by atoms with van der Waals surface area (Å²) in [5.74, 6) is 0. The van der Waals surface area contributed by atoms with E-state index in [2.05, 4.69) is 0 Å². The van der Waals surface area contributed by atoms with Gasteiger partial charge in [-0.15, -0.1) is 0 Å². The van der Waals surface area contributed by atoms with Gasteiger partial charge in [-0.05, 0) is 0 Å². The molecule has 1 aliphatic heterocycles. The van der Waals surface area contributed by atoms with E-state index in [1.807, 2.05) is 0 Å². The van der Waals surface area contributed by atoms with E-state index >= 15 is 0 Å². The van der Waals surface area contributed by atoms with E-state index < -0.39 is 17.9 Å². The van der Waals surface area contributed by atoms with Crippen LogP contribution in [0.5, 0.6) is 0 Å². The SMILES string of the molecule is BC1(CO)O[C@@H](O)C[C@H]1O. The van der Waals surface area contributed by atoms with Gasteiger partial charge in [-0.1, -0.05) is 0 Å². The van der Waals surface area contributed by atoms with Crippen LogP contribution < -0.4 is 0 Å². The van der Waals surface area contributed by atoms with Crippen molar-refractivity contribution >= 4 is 7.85 Å². The van der Waals surface area contributed by atoms with Crippen molar-refractivity contribution in [1.29, 1.82) is 0 Å². The Hall–Kier alpha value is -0.0951. The van der Waals surface area contributed by atoms with E-state index in [9.17, 15) is 5.11 Å². The third-order valence-electron chi connectivity index (χ3n) is 1.85. The fraction of sp³-hybridized carbons (Fsp3) is 1.00. The van der Waals surface area contributed by atoms with Crippen LogP contribution in [-0.4, -0.2) is 47.7 Å². The molecule has 0 spiro atoms. The average molecular weight is 146 g/mol. The predicted octanol–water partition coefficient (Wildman–Crippen LogP) is -2.59. The summed E-state index contributed by atoms with van der Waals surface area (Å²) >= 11 is 0. The Morgan fingerprint density at radius 2 is 2.20 bits per heavy atom. The molecule has 1 aliphatic rings. The van der Waals surface area contributed by atoms with E-state index in [0.717, 1.165) is 0 Å². The van der Waals surface area contributed by atoms with Crippen LogP contribution in [-0.2, 0) is 4.74 Å². The summed E-state index contributed by atoms with van der Waals surface area (Å²) in [5.41, 5.74) is -0.973. The lowest BCUT2D eigenvalue weighted by molar-refractivity contribution is -0.127. The number of hydrogen-bond acceptors (Lipinski definition) is 4. The second-order valence-corrected chi connectivity index (χ2v) is 2.79. The normalized spacial score (nSPS) is 47.9. The van der Waals surface area contributed by atoms with Gasteiger partial charge in [0, 0.05) is 6.42 Å². The Morgan fingerprint density at radius 3 is 2.40 bits per heavy atom. The standard InChI is InChI=1S/C5H11BO4/c6-5(2-7)3(8)1-4(9)10-5/h3-4,7-9H,1-2,6H2/t3-,4-,5?/m1/s1. The summed E-state index contributed by atoms with van der Waals surface area (Å²) in [4.78, 5) is 0. The maximum atomic E-state index is 9.17. The molecule has 0 aliphatic carbocycles. The second kappa shape index (κ2) is 2.50. The molecule has 0 aromatic heterocycles. The zero-order valence-corrected chi connectivity index (χ0v) is 5.82. The maximum Gasteiger partial charge on any atom is 0.157 e. The Bertz CT molecular complexity index is 131. The summed E-state index contributed by atoms with van der Waals surface area (Å²) in [5, 5.41) is 26.8. The van der Waals surface area contributed by atoms with Gasteiger partial charge >= 0.3 is 0 Å². The molecule has 0 amide bonds. The van der Waals surface area contributed by atoms with Gasteiger partial charge in [0.1, 0.15) is 7.85 Å². The van der Waals surface area contributed by atoms with E-state index in [4.69, 9.17) is 14.9 Å². The smallest absolute Gasteiger partial charge is 0.157 e. The number of hydrogen-bond donors (Lipinski definition) is 3. The number of rotatable bonds is 1. The third kappa shape index (κ3) is 1.18. The quantitative estimate of drug-likeness (QED) is 0.355. The van der Waals surface area contributed by atoms with Crippen LogP contribution >= 0.6 is 0 Å². The molecule has 5 heteroatoms. The maximum absolute atomic E-state index is 9.17. The first kappa shape index (κ1) is 8.01. The van der Waals surface area contributed by atoms with Gasteiger partial charge < -0.3 is 20.1 Å². The molecule has 0 bridgehead atoms. The van der Waals surface area contributed by atoms with Crippen molar-refractivity contribution in [2.75, 3.05) is 6.61 Å². The molecule has 58 valence electrons. The summed E-state index contributed by atoms with van der Waals surface area (Å²) in [6.07, 6.45) is -1.53. The highest BCUT2D eigenvalue weighted by atomic mass is 16.6. The van der Waals surface area contributed by atoms with Crippen molar-refractivity contribution in [3.05, 3.63) is 0 Å². The first-order valence-electron chi connectivity index (χ1n) is 3.23. The molecule has 4 nitrogen and oxygen atoms in total. The van der Waals surface area contributed by atoms with E-state index in [-0.39, 0.29) is 13.0 Å². The summed E-state index contributed by atoms with van der Waals surface area (Å²) in [6, 6.07) is 0. The molecule has 0 aromatic carbocycles. The van der Waals surface area contributed by atoms with Crippen molar-refractivity contribution in [2.24, 2.45) is 0 Å². The zero-order chi connectivity index (χ0) is 7.78. The highest BCUT2D eigenvalue weighted by molar-refractivity contribution is 6.15. The van der Waals surface area contributed by atoms with Crippen LogP contribution in [0.3, 0.4) is 0 Å². The summed E-state index contributed by atoms with van der Waals surface area (Å²) < 4.78 is 4.87. The molecule has 3 N–H and O–H groups in total. The highest BCUT2D eigenvalue weighted by Gasteiger charge is 2.42. The Morgan fingerprint density at radius 1 is 1.60 bits per heavy atom. The molecule has 0 aromatic rings. The van der Waals surface area contributed by atoms with Gasteiger partial charge in [0.25, 0.3) is 0 Å². The van der Waals surface area contributed by atoms with Gasteiger partial charge in [-0.2, -0.15) is 0 Å². The molecule has 1 saturated heterocycles.